The molecule has 1 atom stereocenters. The predicted molar refractivity (Wildman–Crippen MR) is 56.5 cm³/mol. The van der Waals surface area contributed by atoms with Crippen molar-refractivity contribution in [2.45, 2.75) is 13.0 Å². The second kappa shape index (κ2) is 7.25. The van der Waals surface area contributed by atoms with Crippen LogP contribution in [-0.4, -0.2) is 25.4 Å². The van der Waals surface area contributed by atoms with Gasteiger partial charge in [-0.05, 0) is 26.5 Å². The van der Waals surface area contributed by atoms with Crippen LogP contribution < -0.4 is 51.4 Å². The number of hydrogen-bond acceptors (Lipinski definition) is 1. The van der Waals surface area contributed by atoms with Crippen molar-refractivity contribution in [1.29, 1.82) is 0 Å². The summed E-state index contributed by atoms with van der Waals surface area (Å²) in [4.78, 5) is 1.10. The Balaban J connectivity index is 0.00000256. The Morgan fingerprint density at radius 2 is 1.76 bits per heavy atom. The Hall–Kier alpha value is 0.601. The topological polar surface area (TPSA) is 3.24 Å². The molecular formula is C10H13BF4KN. The summed E-state index contributed by atoms with van der Waals surface area (Å²) in [5.74, 6) is -0.475. The maximum absolute atomic E-state index is 13.3. The Morgan fingerprint density at radius 3 is 2.24 bits per heavy atom. The van der Waals surface area contributed by atoms with Crippen molar-refractivity contribution < 1.29 is 68.7 Å². The standard InChI is InChI=1S/C10H13BF4N.K/c1-8(16(2)7-11(13,14)15)9-5-3-4-6-10(9)12;/h3-6,8H,7H2,1-2H3;/q-1;+1. The molecule has 0 radical (unpaired) electrons. The van der Waals surface area contributed by atoms with Crippen LogP contribution in [0.4, 0.5) is 17.3 Å². The van der Waals surface area contributed by atoms with Gasteiger partial charge in [0.2, 0.25) is 0 Å². The van der Waals surface area contributed by atoms with E-state index >= 15 is 0 Å². The normalized spacial score (nSPS) is 13.4. The van der Waals surface area contributed by atoms with Crippen LogP contribution in [0.2, 0.25) is 0 Å². The molecule has 17 heavy (non-hydrogen) atoms. The minimum absolute atomic E-state index is 0. The summed E-state index contributed by atoms with van der Waals surface area (Å²) in [6.07, 6.45) is -0.991. The first kappa shape index (κ1) is 17.6. The first-order valence-corrected chi connectivity index (χ1v) is 4.97. The van der Waals surface area contributed by atoms with Gasteiger partial charge in [-0.3, -0.25) is 0 Å². The van der Waals surface area contributed by atoms with E-state index < -0.39 is 25.3 Å². The molecular weight excluding hydrogens is 260 g/mol. The first-order valence-electron chi connectivity index (χ1n) is 4.97. The number of nitrogens with zero attached hydrogens (tertiary/aromatic N) is 1. The minimum Gasteiger partial charge on any atom is -0.448 e. The zero-order chi connectivity index (χ0) is 12.3. The summed E-state index contributed by atoms with van der Waals surface area (Å²) in [7, 11) is 1.34. The van der Waals surface area contributed by atoms with Gasteiger partial charge in [0.15, 0.2) is 0 Å². The van der Waals surface area contributed by atoms with Crippen LogP contribution in [-0.2, 0) is 0 Å². The molecule has 0 aliphatic rings. The van der Waals surface area contributed by atoms with Gasteiger partial charge in [0.1, 0.15) is 5.82 Å². The molecule has 7 heteroatoms. The SMILES string of the molecule is CC(c1ccccc1F)N(C)C[B-](F)(F)F.[K+]. The molecule has 0 amide bonds. The number of halogens is 4. The van der Waals surface area contributed by atoms with E-state index in [1.807, 2.05) is 0 Å². The molecule has 0 saturated carbocycles. The summed E-state index contributed by atoms with van der Waals surface area (Å²) in [6.45, 7) is -3.33. The van der Waals surface area contributed by atoms with Crippen molar-refractivity contribution in [3.8, 4) is 0 Å². The fourth-order valence-corrected chi connectivity index (χ4v) is 1.54. The molecule has 1 rings (SSSR count). The van der Waals surface area contributed by atoms with E-state index in [1.54, 1.807) is 13.0 Å². The van der Waals surface area contributed by atoms with Crippen LogP contribution in [0.25, 0.3) is 0 Å². The quantitative estimate of drug-likeness (QED) is 0.560. The van der Waals surface area contributed by atoms with Crippen LogP contribution in [0.15, 0.2) is 24.3 Å². The summed E-state index contributed by atoms with van der Waals surface area (Å²) in [5, 5.41) is 0. The molecule has 0 bridgehead atoms. The second-order valence-corrected chi connectivity index (χ2v) is 3.85. The third kappa shape index (κ3) is 5.85. The van der Waals surface area contributed by atoms with Gasteiger partial charge in [0, 0.05) is 11.6 Å². The number of benzene rings is 1. The van der Waals surface area contributed by atoms with E-state index in [1.165, 1.54) is 25.2 Å². The Morgan fingerprint density at radius 1 is 1.24 bits per heavy atom. The Bertz CT molecular complexity index is 358. The molecule has 0 N–H and O–H groups in total. The fourth-order valence-electron chi connectivity index (χ4n) is 1.54. The molecule has 0 aliphatic heterocycles. The molecule has 0 heterocycles. The van der Waals surface area contributed by atoms with Crippen LogP contribution in [0.1, 0.15) is 18.5 Å². The molecule has 0 fully saturated rings. The van der Waals surface area contributed by atoms with Crippen molar-refractivity contribution in [1.82, 2.24) is 4.90 Å². The number of rotatable bonds is 4. The first-order chi connectivity index (χ1) is 7.31. The van der Waals surface area contributed by atoms with Crippen LogP contribution in [0.3, 0.4) is 0 Å². The van der Waals surface area contributed by atoms with Crippen molar-refractivity contribution in [2.75, 3.05) is 13.5 Å². The largest absolute Gasteiger partial charge is 1.00 e. The molecule has 90 valence electrons. The van der Waals surface area contributed by atoms with Crippen LogP contribution in [0.5, 0.6) is 0 Å². The second-order valence-electron chi connectivity index (χ2n) is 3.85. The molecule has 0 spiro atoms. The summed E-state index contributed by atoms with van der Waals surface area (Å²) >= 11 is 0. The van der Waals surface area contributed by atoms with Crippen molar-refractivity contribution in [3.63, 3.8) is 0 Å². The Labute approximate surface area is 141 Å². The van der Waals surface area contributed by atoms with E-state index in [9.17, 15) is 17.3 Å². The third-order valence-corrected chi connectivity index (χ3v) is 2.51. The maximum Gasteiger partial charge on any atom is 1.00 e. The number of hydrogen-bond donors (Lipinski definition) is 0. The van der Waals surface area contributed by atoms with E-state index in [0.29, 0.717) is 0 Å². The fraction of sp³-hybridized carbons (Fsp3) is 0.400. The van der Waals surface area contributed by atoms with Gasteiger partial charge in [-0.1, -0.05) is 18.2 Å². The average molecular weight is 273 g/mol. The van der Waals surface area contributed by atoms with Crippen molar-refractivity contribution in [3.05, 3.63) is 35.6 Å². The van der Waals surface area contributed by atoms with Gasteiger partial charge in [-0.15, -0.1) is 0 Å². The minimum atomic E-state index is -4.88. The monoisotopic (exact) mass is 273 g/mol. The van der Waals surface area contributed by atoms with E-state index in [4.69, 9.17) is 0 Å². The van der Waals surface area contributed by atoms with Crippen molar-refractivity contribution >= 4 is 6.98 Å². The Kier molecular flexibility index (Phi) is 7.51. The summed E-state index contributed by atoms with van der Waals surface area (Å²) < 4.78 is 50.0. The van der Waals surface area contributed by atoms with E-state index in [-0.39, 0.29) is 56.9 Å². The molecule has 0 aliphatic carbocycles. The van der Waals surface area contributed by atoms with Gasteiger partial charge >= 0.3 is 58.4 Å². The summed E-state index contributed by atoms with van der Waals surface area (Å²) in [5.41, 5.74) is 0.282. The predicted octanol–water partition coefficient (Wildman–Crippen LogP) is 0.209. The van der Waals surface area contributed by atoms with Crippen molar-refractivity contribution in [2.24, 2.45) is 0 Å². The van der Waals surface area contributed by atoms with Crippen LogP contribution in [0, 0.1) is 5.82 Å². The van der Waals surface area contributed by atoms with Gasteiger partial charge in [0.05, 0.1) is 0 Å². The van der Waals surface area contributed by atoms with E-state index in [2.05, 4.69) is 0 Å². The average Bonchev–Trinajstić information content (AvgIpc) is 2.15. The summed E-state index contributed by atoms with van der Waals surface area (Å²) in [6, 6.07) is 5.28. The molecule has 0 aromatic heterocycles. The zero-order valence-corrected chi connectivity index (χ0v) is 13.3. The molecule has 1 aromatic rings. The maximum atomic E-state index is 13.3. The molecule has 1 aromatic carbocycles. The van der Waals surface area contributed by atoms with Gasteiger partial charge < -0.3 is 17.8 Å². The van der Waals surface area contributed by atoms with Crippen LogP contribution >= 0.6 is 0 Å². The van der Waals surface area contributed by atoms with Gasteiger partial charge in [-0.25, -0.2) is 4.39 Å². The smallest absolute Gasteiger partial charge is 0.448 e. The molecule has 1 nitrogen and oxygen atoms in total. The zero-order valence-electron chi connectivity index (χ0n) is 10.1. The van der Waals surface area contributed by atoms with E-state index in [0.717, 1.165) is 4.90 Å². The molecule has 1 unspecified atom stereocenters. The van der Waals surface area contributed by atoms with Gasteiger partial charge in [0.25, 0.3) is 0 Å². The van der Waals surface area contributed by atoms with Gasteiger partial charge in [-0.2, -0.15) is 0 Å². The molecule has 0 saturated heterocycles. The third-order valence-electron chi connectivity index (χ3n) is 2.51.